The Balaban J connectivity index is 2.14. The highest BCUT2D eigenvalue weighted by Crippen LogP contribution is 2.01. The van der Waals surface area contributed by atoms with Crippen molar-refractivity contribution in [1.82, 2.24) is 10.6 Å². The van der Waals surface area contributed by atoms with Crippen molar-refractivity contribution in [2.75, 3.05) is 19.8 Å². The van der Waals surface area contributed by atoms with Gasteiger partial charge in [0.1, 0.15) is 0 Å². The fourth-order valence-corrected chi connectivity index (χ4v) is 1.22. The number of hydrogen-bond donors (Lipinski definition) is 2. The van der Waals surface area contributed by atoms with E-state index < -0.39 is 0 Å². The van der Waals surface area contributed by atoms with Crippen molar-refractivity contribution in [2.45, 2.75) is 32.9 Å². The zero-order valence-corrected chi connectivity index (χ0v) is 9.17. The number of carbonyl (C=O) groups excluding carboxylic acids is 1. The van der Waals surface area contributed by atoms with Crippen LogP contribution in [0.3, 0.4) is 0 Å². The zero-order valence-electron chi connectivity index (χ0n) is 9.17. The molecule has 1 fully saturated rings. The lowest BCUT2D eigenvalue weighted by atomic mass is 10.2. The minimum Gasteiger partial charge on any atom is -0.378 e. The Bertz CT molecular complexity index is 191. The van der Waals surface area contributed by atoms with Crippen LogP contribution in [0.5, 0.6) is 0 Å². The maximum absolute atomic E-state index is 11.5. The van der Waals surface area contributed by atoms with Gasteiger partial charge in [0.25, 0.3) is 0 Å². The molecule has 82 valence electrons. The van der Waals surface area contributed by atoms with Crippen LogP contribution in [0, 0.1) is 5.92 Å². The fraction of sp³-hybridized carbons (Fsp3) is 0.900. The van der Waals surface area contributed by atoms with Gasteiger partial charge in [-0.2, -0.15) is 0 Å². The van der Waals surface area contributed by atoms with Gasteiger partial charge in [0.15, 0.2) is 0 Å². The van der Waals surface area contributed by atoms with Crippen LogP contribution in [-0.2, 0) is 9.53 Å². The lowest BCUT2D eigenvalue weighted by Crippen LogP contribution is -2.54. The van der Waals surface area contributed by atoms with Crippen LogP contribution in [0.25, 0.3) is 0 Å². The molecule has 1 unspecified atom stereocenters. The highest BCUT2D eigenvalue weighted by Gasteiger charge is 2.22. The van der Waals surface area contributed by atoms with Crippen LogP contribution in [0.1, 0.15) is 20.8 Å². The SMILES string of the molecule is CC(C)CNC(=O)C(C)NC1COC1. The standard InChI is InChI=1S/C10H20N2O2/c1-7(2)4-11-10(13)8(3)12-9-5-14-6-9/h7-9,12H,4-6H2,1-3H3,(H,11,13). The van der Waals surface area contributed by atoms with Crippen LogP contribution in [-0.4, -0.2) is 37.7 Å². The molecule has 4 nitrogen and oxygen atoms in total. The first-order chi connectivity index (χ1) is 6.59. The predicted molar refractivity (Wildman–Crippen MR) is 55.1 cm³/mol. The molecule has 0 saturated carbocycles. The summed E-state index contributed by atoms with van der Waals surface area (Å²) in [6.07, 6.45) is 0. The molecule has 0 aromatic rings. The Morgan fingerprint density at radius 1 is 1.43 bits per heavy atom. The van der Waals surface area contributed by atoms with Gasteiger partial charge in [0.05, 0.1) is 25.3 Å². The second-order valence-electron chi connectivity index (χ2n) is 4.26. The van der Waals surface area contributed by atoms with Gasteiger partial charge in [-0.15, -0.1) is 0 Å². The minimum absolute atomic E-state index is 0.0746. The van der Waals surface area contributed by atoms with Gasteiger partial charge in [-0.3, -0.25) is 10.1 Å². The van der Waals surface area contributed by atoms with E-state index in [-0.39, 0.29) is 11.9 Å². The Hall–Kier alpha value is -0.610. The van der Waals surface area contributed by atoms with Gasteiger partial charge in [-0.05, 0) is 12.8 Å². The maximum atomic E-state index is 11.5. The quantitative estimate of drug-likeness (QED) is 0.663. The molecule has 4 heteroatoms. The monoisotopic (exact) mass is 200 g/mol. The van der Waals surface area contributed by atoms with Gasteiger partial charge >= 0.3 is 0 Å². The molecule has 0 radical (unpaired) electrons. The van der Waals surface area contributed by atoms with Gasteiger partial charge in [-0.1, -0.05) is 13.8 Å². The molecule has 0 aromatic heterocycles. The van der Waals surface area contributed by atoms with E-state index in [9.17, 15) is 4.79 Å². The Labute approximate surface area is 85.4 Å². The second-order valence-corrected chi connectivity index (χ2v) is 4.26. The van der Waals surface area contributed by atoms with Gasteiger partial charge in [0.2, 0.25) is 5.91 Å². The van der Waals surface area contributed by atoms with Crippen LogP contribution in [0.2, 0.25) is 0 Å². The molecule has 2 N–H and O–H groups in total. The smallest absolute Gasteiger partial charge is 0.236 e. The Morgan fingerprint density at radius 2 is 2.07 bits per heavy atom. The van der Waals surface area contributed by atoms with Crippen LogP contribution >= 0.6 is 0 Å². The first-order valence-electron chi connectivity index (χ1n) is 5.21. The van der Waals surface area contributed by atoms with Crippen molar-refractivity contribution in [3.05, 3.63) is 0 Å². The Morgan fingerprint density at radius 3 is 2.50 bits per heavy atom. The van der Waals surface area contributed by atoms with E-state index in [1.807, 2.05) is 6.92 Å². The fourth-order valence-electron chi connectivity index (χ4n) is 1.22. The van der Waals surface area contributed by atoms with Gasteiger partial charge in [-0.25, -0.2) is 0 Å². The second kappa shape index (κ2) is 5.32. The third kappa shape index (κ3) is 3.64. The summed E-state index contributed by atoms with van der Waals surface area (Å²) in [5.41, 5.74) is 0. The molecule has 1 aliphatic heterocycles. The van der Waals surface area contributed by atoms with Crippen molar-refractivity contribution in [2.24, 2.45) is 5.92 Å². The number of hydrogen-bond acceptors (Lipinski definition) is 3. The summed E-state index contributed by atoms with van der Waals surface area (Å²) in [6.45, 7) is 8.24. The molecule has 1 amide bonds. The lowest BCUT2D eigenvalue weighted by Gasteiger charge is -2.29. The highest BCUT2D eigenvalue weighted by atomic mass is 16.5. The average molecular weight is 200 g/mol. The highest BCUT2D eigenvalue weighted by molar-refractivity contribution is 5.81. The largest absolute Gasteiger partial charge is 0.378 e. The van der Waals surface area contributed by atoms with Crippen LogP contribution < -0.4 is 10.6 Å². The van der Waals surface area contributed by atoms with E-state index in [1.165, 1.54) is 0 Å². The number of rotatable bonds is 5. The first kappa shape index (κ1) is 11.5. The molecule has 0 aliphatic carbocycles. The molecule has 1 saturated heterocycles. The van der Waals surface area contributed by atoms with E-state index in [0.717, 1.165) is 19.8 Å². The van der Waals surface area contributed by atoms with Gasteiger partial charge in [0, 0.05) is 6.54 Å². The molecular formula is C10H20N2O2. The third-order valence-corrected chi connectivity index (χ3v) is 2.20. The molecule has 1 rings (SSSR count). The summed E-state index contributed by atoms with van der Waals surface area (Å²) >= 11 is 0. The summed E-state index contributed by atoms with van der Waals surface area (Å²) in [5.74, 6) is 0.573. The average Bonchev–Trinajstić information content (AvgIpc) is 2.06. The molecule has 0 spiro atoms. The maximum Gasteiger partial charge on any atom is 0.236 e. The first-order valence-corrected chi connectivity index (χ1v) is 5.21. The summed E-state index contributed by atoms with van der Waals surface area (Å²) in [6, 6.07) is 0.234. The predicted octanol–water partition coefficient (Wildman–Crippen LogP) is 0.136. The summed E-state index contributed by atoms with van der Waals surface area (Å²) in [4.78, 5) is 11.5. The van der Waals surface area contributed by atoms with E-state index in [0.29, 0.717) is 12.0 Å². The molecule has 1 heterocycles. The molecule has 1 atom stereocenters. The number of carbonyl (C=O) groups is 1. The van der Waals surface area contributed by atoms with Crippen LogP contribution in [0.15, 0.2) is 0 Å². The summed E-state index contributed by atoms with van der Waals surface area (Å²) < 4.78 is 5.02. The van der Waals surface area contributed by atoms with E-state index in [4.69, 9.17) is 4.74 Å². The topological polar surface area (TPSA) is 50.4 Å². The number of ether oxygens (including phenoxy) is 1. The zero-order chi connectivity index (χ0) is 10.6. The van der Waals surface area contributed by atoms with Crippen molar-refractivity contribution < 1.29 is 9.53 Å². The van der Waals surface area contributed by atoms with Crippen molar-refractivity contribution >= 4 is 5.91 Å². The van der Waals surface area contributed by atoms with Crippen molar-refractivity contribution in [1.29, 1.82) is 0 Å². The number of nitrogens with one attached hydrogen (secondary N) is 2. The molecule has 14 heavy (non-hydrogen) atoms. The lowest BCUT2D eigenvalue weighted by molar-refractivity contribution is -0.124. The van der Waals surface area contributed by atoms with E-state index >= 15 is 0 Å². The number of amides is 1. The molecule has 1 aliphatic rings. The Kier molecular flexibility index (Phi) is 4.35. The summed E-state index contributed by atoms with van der Waals surface area (Å²) in [5, 5.41) is 6.10. The normalized spacial score (nSPS) is 19.1. The molecule has 0 bridgehead atoms. The van der Waals surface area contributed by atoms with Crippen molar-refractivity contribution in [3.8, 4) is 0 Å². The van der Waals surface area contributed by atoms with Crippen LogP contribution in [0.4, 0.5) is 0 Å². The molecule has 0 aromatic carbocycles. The van der Waals surface area contributed by atoms with E-state index in [2.05, 4.69) is 24.5 Å². The van der Waals surface area contributed by atoms with Crippen molar-refractivity contribution in [3.63, 3.8) is 0 Å². The third-order valence-electron chi connectivity index (χ3n) is 2.20. The molecular weight excluding hydrogens is 180 g/mol. The minimum atomic E-state index is -0.123. The van der Waals surface area contributed by atoms with Gasteiger partial charge < -0.3 is 10.1 Å². The summed E-state index contributed by atoms with van der Waals surface area (Å²) in [7, 11) is 0. The van der Waals surface area contributed by atoms with E-state index in [1.54, 1.807) is 0 Å².